The Hall–Kier alpha value is -1.55. The van der Waals surface area contributed by atoms with Gasteiger partial charge >= 0.3 is 0 Å². The van der Waals surface area contributed by atoms with Crippen molar-refractivity contribution in [2.45, 2.75) is 32.4 Å². The number of benzene rings is 1. The predicted octanol–water partition coefficient (Wildman–Crippen LogP) is 2.02. The molecular formula is C14H19N3O. The number of fused-ring (bicyclic) bond motifs is 1. The molecule has 0 amide bonds. The van der Waals surface area contributed by atoms with Crippen LogP contribution in [0.4, 0.5) is 5.95 Å². The van der Waals surface area contributed by atoms with Crippen molar-refractivity contribution in [1.29, 1.82) is 0 Å². The molecule has 0 unspecified atom stereocenters. The van der Waals surface area contributed by atoms with Gasteiger partial charge in [-0.05, 0) is 31.9 Å². The largest absolute Gasteiger partial charge is 0.393 e. The van der Waals surface area contributed by atoms with E-state index in [0.29, 0.717) is 0 Å². The number of piperidine rings is 1. The minimum atomic E-state index is -0.138. The first-order chi connectivity index (χ1) is 8.79. The van der Waals surface area contributed by atoms with E-state index >= 15 is 0 Å². The van der Waals surface area contributed by atoms with Crippen LogP contribution in [0, 0.1) is 0 Å². The number of anilines is 1. The van der Waals surface area contributed by atoms with Crippen LogP contribution in [0.1, 0.15) is 19.8 Å². The van der Waals surface area contributed by atoms with Crippen LogP contribution in [-0.4, -0.2) is 33.9 Å². The van der Waals surface area contributed by atoms with Crippen LogP contribution in [0.15, 0.2) is 24.3 Å². The Morgan fingerprint density at radius 2 is 2.00 bits per heavy atom. The van der Waals surface area contributed by atoms with E-state index in [-0.39, 0.29) is 6.10 Å². The zero-order valence-corrected chi connectivity index (χ0v) is 10.7. The summed E-state index contributed by atoms with van der Waals surface area (Å²) in [4.78, 5) is 7.03. The average Bonchev–Trinajstić information content (AvgIpc) is 2.78. The molecule has 4 nitrogen and oxygen atoms in total. The lowest BCUT2D eigenvalue weighted by atomic mass is 10.1. The van der Waals surface area contributed by atoms with Gasteiger partial charge in [0.05, 0.1) is 17.1 Å². The molecule has 18 heavy (non-hydrogen) atoms. The summed E-state index contributed by atoms with van der Waals surface area (Å²) in [7, 11) is 0. The zero-order chi connectivity index (χ0) is 12.5. The second-order valence-corrected chi connectivity index (χ2v) is 4.86. The van der Waals surface area contributed by atoms with Gasteiger partial charge in [0.25, 0.3) is 0 Å². The zero-order valence-electron chi connectivity index (χ0n) is 10.7. The van der Waals surface area contributed by atoms with Gasteiger partial charge in [-0.25, -0.2) is 4.98 Å². The summed E-state index contributed by atoms with van der Waals surface area (Å²) in [5, 5.41) is 9.59. The Morgan fingerprint density at radius 1 is 1.28 bits per heavy atom. The maximum Gasteiger partial charge on any atom is 0.206 e. The molecule has 0 aliphatic carbocycles. The summed E-state index contributed by atoms with van der Waals surface area (Å²) in [5.41, 5.74) is 2.25. The van der Waals surface area contributed by atoms with Crippen molar-refractivity contribution >= 4 is 17.0 Å². The number of aromatic nitrogens is 2. The second kappa shape index (κ2) is 4.61. The van der Waals surface area contributed by atoms with Crippen LogP contribution >= 0.6 is 0 Å². The Kier molecular flexibility index (Phi) is 2.96. The van der Waals surface area contributed by atoms with E-state index < -0.39 is 0 Å². The monoisotopic (exact) mass is 245 g/mol. The molecule has 1 aromatic heterocycles. The molecule has 1 saturated heterocycles. The Labute approximate surface area is 107 Å². The number of aryl methyl sites for hydroxylation is 1. The highest BCUT2D eigenvalue weighted by Gasteiger charge is 2.21. The van der Waals surface area contributed by atoms with Crippen molar-refractivity contribution in [2.75, 3.05) is 18.0 Å². The fraction of sp³-hybridized carbons (Fsp3) is 0.500. The fourth-order valence-corrected chi connectivity index (χ4v) is 2.68. The summed E-state index contributed by atoms with van der Waals surface area (Å²) in [6.45, 7) is 4.86. The van der Waals surface area contributed by atoms with Crippen LogP contribution in [0.3, 0.4) is 0 Å². The molecule has 1 fully saturated rings. The number of hydrogen-bond acceptors (Lipinski definition) is 3. The molecule has 0 spiro atoms. The number of hydrogen-bond donors (Lipinski definition) is 1. The lowest BCUT2D eigenvalue weighted by molar-refractivity contribution is 0.145. The summed E-state index contributed by atoms with van der Waals surface area (Å²) >= 11 is 0. The molecule has 0 radical (unpaired) electrons. The van der Waals surface area contributed by atoms with Crippen molar-refractivity contribution in [3.05, 3.63) is 24.3 Å². The van der Waals surface area contributed by atoms with Gasteiger partial charge in [-0.3, -0.25) is 0 Å². The normalized spacial score (nSPS) is 17.6. The van der Waals surface area contributed by atoms with E-state index in [2.05, 4.69) is 34.6 Å². The number of aliphatic hydroxyl groups is 1. The van der Waals surface area contributed by atoms with Crippen molar-refractivity contribution in [3.63, 3.8) is 0 Å². The Balaban J connectivity index is 2.00. The SMILES string of the molecule is CCn1c(N2CCC(O)CC2)nc2ccccc21. The van der Waals surface area contributed by atoms with E-state index in [0.717, 1.165) is 43.9 Å². The molecule has 0 bridgehead atoms. The molecular weight excluding hydrogens is 226 g/mol. The van der Waals surface area contributed by atoms with Crippen molar-refractivity contribution in [3.8, 4) is 0 Å². The summed E-state index contributed by atoms with van der Waals surface area (Å²) < 4.78 is 2.26. The molecule has 4 heteroatoms. The van der Waals surface area contributed by atoms with E-state index in [1.54, 1.807) is 0 Å². The summed E-state index contributed by atoms with van der Waals surface area (Å²) in [6.07, 6.45) is 1.54. The molecule has 96 valence electrons. The van der Waals surface area contributed by atoms with E-state index in [4.69, 9.17) is 4.98 Å². The third-order valence-electron chi connectivity index (χ3n) is 3.70. The molecule has 1 aliphatic heterocycles. The van der Waals surface area contributed by atoms with Crippen LogP contribution in [0.5, 0.6) is 0 Å². The smallest absolute Gasteiger partial charge is 0.206 e. The number of imidazole rings is 1. The average molecular weight is 245 g/mol. The van der Waals surface area contributed by atoms with Gasteiger partial charge in [-0.2, -0.15) is 0 Å². The maximum absolute atomic E-state index is 9.59. The topological polar surface area (TPSA) is 41.3 Å². The van der Waals surface area contributed by atoms with E-state index in [1.807, 2.05) is 6.07 Å². The highest BCUT2D eigenvalue weighted by molar-refractivity contribution is 5.78. The van der Waals surface area contributed by atoms with Gasteiger partial charge in [0.1, 0.15) is 0 Å². The van der Waals surface area contributed by atoms with Gasteiger partial charge in [0.2, 0.25) is 5.95 Å². The molecule has 2 aromatic rings. The van der Waals surface area contributed by atoms with Crippen molar-refractivity contribution in [1.82, 2.24) is 9.55 Å². The first-order valence-corrected chi connectivity index (χ1v) is 6.68. The van der Waals surface area contributed by atoms with Crippen molar-refractivity contribution < 1.29 is 5.11 Å². The second-order valence-electron chi connectivity index (χ2n) is 4.86. The molecule has 1 aromatic carbocycles. The lowest BCUT2D eigenvalue weighted by Crippen LogP contribution is -2.37. The van der Waals surface area contributed by atoms with Crippen LogP contribution in [-0.2, 0) is 6.54 Å². The molecule has 2 heterocycles. The van der Waals surface area contributed by atoms with Gasteiger partial charge in [-0.15, -0.1) is 0 Å². The molecule has 3 rings (SSSR count). The third-order valence-corrected chi connectivity index (χ3v) is 3.70. The highest BCUT2D eigenvalue weighted by Crippen LogP contribution is 2.24. The quantitative estimate of drug-likeness (QED) is 0.880. The first-order valence-electron chi connectivity index (χ1n) is 6.68. The lowest BCUT2D eigenvalue weighted by Gasteiger charge is -2.30. The van der Waals surface area contributed by atoms with Gasteiger partial charge in [-0.1, -0.05) is 12.1 Å². The maximum atomic E-state index is 9.59. The highest BCUT2D eigenvalue weighted by atomic mass is 16.3. The molecule has 1 N–H and O–H groups in total. The fourth-order valence-electron chi connectivity index (χ4n) is 2.68. The number of rotatable bonds is 2. The molecule has 0 saturated carbocycles. The van der Waals surface area contributed by atoms with E-state index in [1.165, 1.54) is 5.52 Å². The van der Waals surface area contributed by atoms with Gasteiger partial charge in [0.15, 0.2) is 0 Å². The summed E-state index contributed by atoms with van der Waals surface area (Å²) in [5.74, 6) is 1.05. The summed E-state index contributed by atoms with van der Waals surface area (Å²) in [6, 6.07) is 8.26. The minimum Gasteiger partial charge on any atom is -0.393 e. The first kappa shape index (κ1) is 11.5. The minimum absolute atomic E-state index is 0.138. The third kappa shape index (κ3) is 1.86. The van der Waals surface area contributed by atoms with Crippen LogP contribution < -0.4 is 4.90 Å². The van der Waals surface area contributed by atoms with Gasteiger partial charge in [0, 0.05) is 19.6 Å². The number of aliphatic hydroxyl groups excluding tert-OH is 1. The predicted molar refractivity (Wildman–Crippen MR) is 72.9 cm³/mol. The Morgan fingerprint density at radius 3 is 2.72 bits per heavy atom. The van der Waals surface area contributed by atoms with E-state index in [9.17, 15) is 5.11 Å². The van der Waals surface area contributed by atoms with Crippen molar-refractivity contribution in [2.24, 2.45) is 0 Å². The Bertz CT molecular complexity index is 541. The van der Waals surface area contributed by atoms with Gasteiger partial charge < -0.3 is 14.6 Å². The van der Waals surface area contributed by atoms with Crippen LogP contribution in [0.2, 0.25) is 0 Å². The number of para-hydroxylation sites is 2. The number of nitrogens with zero attached hydrogens (tertiary/aromatic N) is 3. The standard InChI is InChI=1S/C14H19N3O/c1-2-17-13-6-4-3-5-12(13)15-14(17)16-9-7-11(18)8-10-16/h3-6,11,18H,2,7-10H2,1H3. The molecule has 1 aliphatic rings. The van der Waals surface area contributed by atoms with Crippen LogP contribution in [0.25, 0.3) is 11.0 Å². The molecule has 0 atom stereocenters.